The van der Waals surface area contributed by atoms with Crippen molar-refractivity contribution in [1.82, 2.24) is 5.32 Å². The Kier molecular flexibility index (Phi) is 4.99. The lowest BCUT2D eigenvalue weighted by atomic mass is 9.85. The second-order valence-electron chi connectivity index (χ2n) is 5.94. The third kappa shape index (κ3) is 3.21. The van der Waals surface area contributed by atoms with E-state index in [0.717, 1.165) is 25.7 Å². The van der Waals surface area contributed by atoms with Crippen molar-refractivity contribution < 1.29 is 9.90 Å². The molecule has 0 aromatic rings. The molecule has 0 radical (unpaired) electrons. The maximum atomic E-state index is 12.1. The summed E-state index contributed by atoms with van der Waals surface area (Å²) in [5, 5.41) is 12.6. The summed E-state index contributed by atoms with van der Waals surface area (Å²) in [5.74, 6) is 0.617. The van der Waals surface area contributed by atoms with Crippen molar-refractivity contribution in [2.75, 3.05) is 6.61 Å². The molecule has 1 aliphatic rings. The van der Waals surface area contributed by atoms with Gasteiger partial charge >= 0.3 is 0 Å². The van der Waals surface area contributed by atoms with E-state index >= 15 is 0 Å². The van der Waals surface area contributed by atoms with Crippen LogP contribution in [-0.2, 0) is 4.79 Å². The molecule has 1 amide bonds. The van der Waals surface area contributed by atoms with E-state index in [1.165, 1.54) is 0 Å². The second-order valence-corrected chi connectivity index (χ2v) is 5.94. The van der Waals surface area contributed by atoms with Crippen molar-refractivity contribution in [3.05, 3.63) is 0 Å². The first-order valence-electron chi connectivity index (χ1n) is 6.86. The van der Waals surface area contributed by atoms with Crippen LogP contribution in [0.3, 0.4) is 0 Å². The Morgan fingerprint density at radius 1 is 1.53 bits per heavy atom. The fourth-order valence-corrected chi connectivity index (χ4v) is 2.58. The van der Waals surface area contributed by atoms with Gasteiger partial charge in [-0.3, -0.25) is 4.79 Å². The fraction of sp³-hybridized carbons (Fsp3) is 0.929. The van der Waals surface area contributed by atoms with Crippen LogP contribution in [0.15, 0.2) is 0 Å². The molecule has 1 saturated carbocycles. The van der Waals surface area contributed by atoms with Crippen LogP contribution in [0.4, 0.5) is 0 Å². The zero-order valence-corrected chi connectivity index (χ0v) is 11.6. The maximum Gasteiger partial charge on any atom is 0.223 e. The van der Waals surface area contributed by atoms with Gasteiger partial charge in [0.15, 0.2) is 0 Å². The van der Waals surface area contributed by atoms with Crippen molar-refractivity contribution in [1.29, 1.82) is 0 Å². The highest BCUT2D eigenvalue weighted by Gasteiger charge is 2.39. The molecule has 17 heavy (non-hydrogen) atoms. The standard InChI is InChI=1S/C14H27NO2/c1-5-10(2)11(3)13(17)15-12-7-6-8-14(12,4)9-16/h10-12,16H,5-9H2,1-4H3,(H,15,17). The summed E-state index contributed by atoms with van der Waals surface area (Å²) in [6.45, 7) is 8.45. The Bertz CT molecular complexity index is 267. The molecule has 4 atom stereocenters. The van der Waals surface area contributed by atoms with Gasteiger partial charge in [0.2, 0.25) is 5.91 Å². The Morgan fingerprint density at radius 3 is 2.71 bits per heavy atom. The molecular weight excluding hydrogens is 214 g/mol. The van der Waals surface area contributed by atoms with Crippen LogP contribution in [0, 0.1) is 17.3 Å². The summed E-state index contributed by atoms with van der Waals surface area (Å²) in [6.07, 6.45) is 4.12. The number of hydrogen-bond donors (Lipinski definition) is 2. The van der Waals surface area contributed by atoms with Crippen molar-refractivity contribution in [2.45, 2.75) is 59.4 Å². The molecule has 4 unspecified atom stereocenters. The van der Waals surface area contributed by atoms with Gasteiger partial charge in [0.25, 0.3) is 0 Å². The zero-order chi connectivity index (χ0) is 13.1. The molecule has 100 valence electrons. The van der Waals surface area contributed by atoms with Crippen LogP contribution >= 0.6 is 0 Å². The molecule has 3 nitrogen and oxygen atoms in total. The first-order valence-corrected chi connectivity index (χ1v) is 6.86. The van der Waals surface area contributed by atoms with Gasteiger partial charge in [-0.05, 0) is 18.8 Å². The highest BCUT2D eigenvalue weighted by molar-refractivity contribution is 5.79. The number of carbonyl (C=O) groups excluding carboxylic acids is 1. The average molecular weight is 241 g/mol. The smallest absolute Gasteiger partial charge is 0.223 e. The van der Waals surface area contributed by atoms with Crippen LogP contribution in [0.2, 0.25) is 0 Å². The quantitative estimate of drug-likeness (QED) is 0.776. The molecule has 0 saturated heterocycles. The molecule has 0 bridgehead atoms. The SMILES string of the molecule is CCC(C)C(C)C(=O)NC1CCCC1(C)CO. The summed E-state index contributed by atoms with van der Waals surface area (Å²) in [6, 6.07) is 0.145. The number of rotatable bonds is 5. The van der Waals surface area contributed by atoms with E-state index in [-0.39, 0.29) is 29.9 Å². The highest BCUT2D eigenvalue weighted by Crippen LogP contribution is 2.37. The molecular formula is C14H27NO2. The van der Waals surface area contributed by atoms with Gasteiger partial charge in [0.1, 0.15) is 0 Å². The lowest BCUT2D eigenvalue weighted by Gasteiger charge is -2.31. The molecule has 1 rings (SSSR count). The molecule has 0 heterocycles. The zero-order valence-electron chi connectivity index (χ0n) is 11.6. The predicted octanol–water partition coefficient (Wildman–Crippen LogP) is 2.34. The number of hydrogen-bond acceptors (Lipinski definition) is 2. The van der Waals surface area contributed by atoms with Gasteiger partial charge in [-0.2, -0.15) is 0 Å². The lowest BCUT2D eigenvalue weighted by Crippen LogP contribution is -2.47. The minimum Gasteiger partial charge on any atom is -0.396 e. The Balaban J connectivity index is 2.56. The maximum absolute atomic E-state index is 12.1. The van der Waals surface area contributed by atoms with Crippen molar-refractivity contribution >= 4 is 5.91 Å². The van der Waals surface area contributed by atoms with Gasteiger partial charge in [-0.25, -0.2) is 0 Å². The van der Waals surface area contributed by atoms with Gasteiger partial charge in [-0.15, -0.1) is 0 Å². The normalized spacial score (nSPS) is 32.2. The summed E-state index contributed by atoms with van der Waals surface area (Å²) in [5.41, 5.74) is -0.120. The third-order valence-electron chi connectivity index (χ3n) is 4.67. The largest absolute Gasteiger partial charge is 0.396 e. The van der Waals surface area contributed by atoms with E-state index < -0.39 is 0 Å². The molecule has 2 N–H and O–H groups in total. The fourth-order valence-electron chi connectivity index (χ4n) is 2.58. The van der Waals surface area contributed by atoms with Crippen LogP contribution in [-0.4, -0.2) is 23.7 Å². The lowest BCUT2D eigenvalue weighted by molar-refractivity contribution is -0.127. The van der Waals surface area contributed by atoms with Crippen LogP contribution in [0.5, 0.6) is 0 Å². The van der Waals surface area contributed by atoms with Gasteiger partial charge < -0.3 is 10.4 Å². The van der Waals surface area contributed by atoms with E-state index in [1.54, 1.807) is 0 Å². The molecule has 0 aliphatic heterocycles. The van der Waals surface area contributed by atoms with Gasteiger partial charge in [-0.1, -0.05) is 40.5 Å². The van der Waals surface area contributed by atoms with Crippen molar-refractivity contribution in [2.24, 2.45) is 17.3 Å². The van der Waals surface area contributed by atoms with Gasteiger partial charge in [0, 0.05) is 17.4 Å². The van der Waals surface area contributed by atoms with E-state index in [4.69, 9.17) is 0 Å². The van der Waals surface area contributed by atoms with Crippen LogP contribution in [0.25, 0.3) is 0 Å². The Hall–Kier alpha value is -0.570. The first kappa shape index (κ1) is 14.5. The first-order chi connectivity index (χ1) is 7.94. The summed E-state index contributed by atoms with van der Waals surface area (Å²) >= 11 is 0. The van der Waals surface area contributed by atoms with Crippen molar-refractivity contribution in [3.63, 3.8) is 0 Å². The summed E-state index contributed by atoms with van der Waals surface area (Å²) in [7, 11) is 0. The molecule has 0 aromatic carbocycles. The molecule has 1 aliphatic carbocycles. The summed E-state index contributed by atoms with van der Waals surface area (Å²) in [4.78, 5) is 12.1. The highest BCUT2D eigenvalue weighted by atomic mass is 16.3. The molecule has 0 aromatic heterocycles. The van der Waals surface area contributed by atoms with Crippen LogP contribution in [0.1, 0.15) is 53.4 Å². The third-order valence-corrected chi connectivity index (χ3v) is 4.67. The number of carbonyl (C=O) groups is 1. The van der Waals surface area contributed by atoms with E-state index in [9.17, 15) is 9.90 Å². The molecule has 3 heteroatoms. The van der Waals surface area contributed by atoms with E-state index in [1.807, 2.05) is 6.92 Å². The minimum atomic E-state index is -0.120. The van der Waals surface area contributed by atoms with Crippen LogP contribution < -0.4 is 5.32 Å². The van der Waals surface area contributed by atoms with E-state index in [0.29, 0.717) is 5.92 Å². The second kappa shape index (κ2) is 5.85. The number of amides is 1. The molecule has 1 fully saturated rings. The number of aliphatic hydroxyl groups is 1. The predicted molar refractivity (Wildman–Crippen MR) is 69.6 cm³/mol. The average Bonchev–Trinajstić information content (AvgIpc) is 2.69. The molecule has 0 spiro atoms. The number of aliphatic hydroxyl groups excluding tert-OH is 1. The topological polar surface area (TPSA) is 49.3 Å². The minimum absolute atomic E-state index is 0.0588. The Labute approximate surface area is 105 Å². The monoisotopic (exact) mass is 241 g/mol. The summed E-state index contributed by atoms with van der Waals surface area (Å²) < 4.78 is 0. The van der Waals surface area contributed by atoms with Crippen molar-refractivity contribution in [3.8, 4) is 0 Å². The van der Waals surface area contributed by atoms with Gasteiger partial charge in [0.05, 0.1) is 6.61 Å². The van der Waals surface area contributed by atoms with E-state index in [2.05, 4.69) is 26.1 Å². The number of nitrogens with one attached hydrogen (secondary N) is 1. The Morgan fingerprint density at radius 2 is 2.18 bits per heavy atom.